The van der Waals surface area contributed by atoms with E-state index in [0.717, 1.165) is 35.8 Å². The normalized spacial score (nSPS) is 15.6. The van der Waals surface area contributed by atoms with E-state index in [0.29, 0.717) is 38.1 Å². The van der Waals surface area contributed by atoms with Gasteiger partial charge in [-0.1, -0.05) is 17.7 Å². The Morgan fingerprint density at radius 1 is 1.05 bits per heavy atom. The fourth-order valence-corrected chi connectivity index (χ4v) is 6.11. The van der Waals surface area contributed by atoms with Crippen molar-refractivity contribution < 1.29 is 18.3 Å². The van der Waals surface area contributed by atoms with Crippen LogP contribution in [0.25, 0.3) is 22.2 Å². The second-order valence-electron chi connectivity index (χ2n) is 9.52. The molecule has 1 aliphatic heterocycles. The van der Waals surface area contributed by atoms with E-state index in [9.17, 15) is 18.3 Å². The fourth-order valence-electron chi connectivity index (χ4n) is 4.51. The molecule has 1 unspecified atom stereocenters. The third-order valence-electron chi connectivity index (χ3n) is 6.86. The van der Waals surface area contributed by atoms with Crippen molar-refractivity contribution in [1.82, 2.24) is 24.1 Å². The summed E-state index contributed by atoms with van der Waals surface area (Å²) in [5.74, 6) is -1.17. The van der Waals surface area contributed by atoms with E-state index in [-0.39, 0.29) is 4.90 Å². The summed E-state index contributed by atoms with van der Waals surface area (Å²) in [6.45, 7) is 6.66. The second kappa shape index (κ2) is 10.1. The Labute approximate surface area is 229 Å². The van der Waals surface area contributed by atoms with E-state index in [1.165, 1.54) is 6.20 Å². The molecule has 3 aromatic heterocycles. The highest BCUT2D eigenvalue weighted by Gasteiger charge is 2.28. The zero-order chi connectivity index (χ0) is 27.2. The van der Waals surface area contributed by atoms with Crippen LogP contribution in [0.5, 0.6) is 0 Å². The van der Waals surface area contributed by atoms with Gasteiger partial charge in [0.25, 0.3) is 10.0 Å². The highest BCUT2D eigenvalue weighted by atomic mass is 79.9. The molecule has 0 saturated carbocycles. The van der Waals surface area contributed by atoms with Crippen molar-refractivity contribution in [3.8, 4) is 11.3 Å². The molecule has 4 heterocycles. The number of aliphatic carboxylic acids is 1. The number of benzene rings is 1. The Kier molecular flexibility index (Phi) is 6.97. The first kappa shape index (κ1) is 26.3. The predicted molar refractivity (Wildman–Crippen MR) is 148 cm³/mol. The summed E-state index contributed by atoms with van der Waals surface area (Å²) in [7, 11) is -1.98. The number of carbonyl (C=O) groups is 1. The fraction of sp³-hybridized carbons (Fsp3) is 0.308. The van der Waals surface area contributed by atoms with Gasteiger partial charge in [-0.3, -0.25) is 4.79 Å². The molecule has 1 N–H and O–H groups in total. The number of carboxylic acids is 1. The van der Waals surface area contributed by atoms with Crippen LogP contribution in [-0.4, -0.2) is 76.8 Å². The van der Waals surface area contributed by atoms with Gasteiger partial charge in [-0.15, -0.1) is 0 Å². The Bertz CT molecular complexity index is 1630. The highest BCUT2D eigenvalue weighted by molar-refractivity contribution is 9.10. The molecule has 0 aliphatic carbocycles. The number of fused-ring (bicyclic) bond motifs is 1. The minimum Gasteiger partial charge on any atom is -0.481 e. The smallest absolute Gasteiger partial charge is 0.310 e. The van der Waals surface area contributed by atoms with E-state index in [1.54, 1.807) is 49.5 Å². The Morgan fingerprint density at radius 2 is 1.74 bits per heavy atom. The van der Waals surface area contributed by atoms with E-state index < -0.39 is 21.9 Å². The number of likely N-dealkylation sites (N-methyl/N-ethyl adjacent to an activating group) is 1. The lowest BCUT2D eigenvalue weighted by Gasteiger charge is -2.34. The van der Waals surface area contributed by atoms with Gasteiger partial charge in [-0.25, -0.2) is 9.97 Å². The zero-order valence-corrected chi connectivity index (χ0v) is 23.6. The van der Waals surface area contributed by atoms with Crippen LogP contribution in [0, 0.1) is 6.92 Å². The molecule has 0 radical (unpaired) electrons. The molecule has 38 heavy (non-hydrogen) atoms. The van der Waals surface area contributed by atoms with Gasteiger partial charge in [0.2, 0.25) is 0 Å². The van der Waals surface area contributed by atoms with Crippen LogP contribution in [0.15, 0.2) is 58.3 Å². The molecule has 1 saturated heterocycles. The van der Waals surface area contributed by atoms with Crippen molar-refractivity contribution in [3.05, 3.63) is 64.5 Å². The molecule has 0 spiro atoms. The first-order valence-electron chi connectivity index (χ1n) is 12.1. The summed E-state index contributed by atoms with van der Waals surface area (Å²) in [5.41, 5.74) is 2.69. The van der Waals surface area contributed by atoms with Crippen molar-refractivity contribution in [2.24, 2.45) is 0 Å². The summed E-state index contributed by atoms with van der Waals surface area (Å²) >= 11 is 3.38. The number of nitrogens with zero attached hydrogens (tertiary/aromatic N) is 6. The number of halogens is 1. The monoisotopic (exact) mass is 598 g/mol. The maximum atomic E-state index is 13.6. The average molecular weight is 600 g/mol. The standard InChI is InChI=1S/C26H27BrN6O4S/c1-16-4-6-19(7-5-16)38(36,37)33-22-15-28-23(27)13-21(22)24(30-33)18-12-20(17(2)26(34)35)25(29-14-18)32-10-8-31(3)9-11-32/h4-7,12-15,17H,8-11H2,1-3H3,(H,34,35). The zero-order valence-electron chi connectivity index (χ0n) is 21.2. The molecule has 12 heteroatoms. The molecule has 0 amide bonds. The number of pyridine rings is 2. The van der Waals surface area contributed by atoms with Crippen molar-refractivity contribution in [2.75, 3.05) is 38.1 Å². The number of anilines is 1. The SMILES string of the molecule is Cc1ccc(S(=O)(=O)n2nc(-c3cnc(N4CCN(C)CC4)c(C(C)C(=O)O)c3)c3cc(Br)ncc32)cc1. The largest absolute Gasteiger partial charge is 0.481 e. The average Bonchev–Trinajstić information content (AvgIpc) is 3.28. The molecular formula is C26H27BrN6O4S. The molecule has 4 aromatic rings. The van der Waals surface area contributed by atoms with Crippen LogP contribution >= 0.6 is 15.9 Å². The summed E-state index contributed by atoms with van der Waals surface area (Å²) in [6.07, 6.45) is 3.08. The van der Waals surface area contributed by atoms with Crippen LogP contribution < -0.4 is 4.90 Å². The van der Waals surface area contributed by atoms with Crippen LogP contribution in [-0.2, 0) is 14.8 Å². The minimum atomic E-state index is -4.03. The van der Waals surface area contributed by atoms with Gasteiger partial charge in [0.05, 0.1) is 17.0 Å². The quantitative estimate of drug-likeness (QED) is 0.331. The number of hydrogen-bond acceptors (Lipinski definition) is 8. The number of hydrogen-bond donors (Lipinski definition) is 1. The number of rotatable bonds is 6. The molecular weight excluding hydrogens is 572 g/mol. The summed E-state index contributed by atoms with van der Waals surface area (Å²) < 4.78 is 28.7. The second-order valence-corrected chi connectivity index (χ2v) is 12.1. The van der Waals surface area contributed by atoms with Crippen molar-refractivity contribution in [3.63, 3.8) is 0 Å². The molecule has 10 nitrogen and oxygen atoms in total. The third-order valence-corrected chi connectivity index (χ3v) is 8.89. The van der Waals surface area contributed by atoms with E-state index >= 15 is 0 Å². The minimum absolute atomic E-state index is 0.102. The van der Waals surface area contributed by atoms with Gasteiger partial charge in [0.15, 0.2) is 0 Å². The van der Waals surface area contributed by atoms with Crippen molar-refractivity contribution in [2.45, 2.75) is 24.7 Å². The maximum absolute atomic E-state index is 13.6. The lowest BCUT2D eigenvalue weighted by Crippen LogP contribution is -2.45. The topological polar surface area (TPSA) is 122 Å². The first-order chi connectivity index (χ1) is 18.1. The molecule has 198 valence electrons. The molecule has 1 atom stereocenters. The van der Waals surface area contributed by atoms with Gasteiger partial charge in [0.1, 0.15) is 21.6 Å². The lowest BCUT2D eigenvalue weighted by molar-refractivity contribution is -0.138. The molecule has 1 aliphatic rings. The third kappa shape index (κ3) is 4.79. The van der Waals surface area contributed by atoms with Crippen molar-refractivity contribution in [1.29, 1.82) is 0 Å². The molecule has 1 fully saturated rings. The summed E-state index contributed by atoms with van der Waals surface area (Å²) in [4.78, 5) is 25.4. The number of aryl methyl sites for hydroxylation is 1. The number of piperazine rings is 1. The molecule has 0 bridgehead atoms. The van der Waals surface area contributed by atoms with Crippen LogP contribution in [0.3, 0.4) is 0 Å². The van der Waals surface area contributed by atoms with E-state index in [4.69, 9.17) is 4.98 Å². The van der Waals surface area contributed by atoms with Gasteiger partial charge >= 0.3 is 5.97 Å². The van der Waals surface area contributed by atoms with Crippen molar-refractivity contribution >= 4 is 48.6 Å². The number of carboxylic acid groups (broad SMARTS) is 1. The maximum Gasteiger partial charge on any atom is 0.310 e. The highest BCUT2D eigenvalue weighted by Crippen LogP contribution is 2.35. The molecule has 5 rings (SSSR count). The van der Waals surface area contributed by atoms with Gasteiger partial charge < -0.3 is 14.9 Å². The van der Waals surface area contributed by atoms with Gasteiger partial charge in [-0.05, 0) is 61.1 Å². The van der Waals surface area contributed by atoms with Crippen LogP contribution in [0.1, 0.15) is 24.0 Å². The van der Waals surface area contributed by atoms with Gasteiger partial charge in [-0.2, -0.15) is 17.6 Å². The number of aromatic nitrogens is 4. The first-order valence-corrected chi connectivity index (χ1v) is 14.3. The Morgan fingerprint density at radius 3 is 2.39 bits per heavy atom. The summed E-state index contributed by atoms with van der Waals surface area (Å²) in [5, 5.41) is 14.9. The Hall–Kier alpha value is -3.35. The van der Waals surface area contributed by atoms with E-state index in [2.05, 4.69) is 35.8 Å². The predicted octanol–water partition coefficient (Wildman–Crippen LogP) is 3.74. The van der Waals surface area contributed by atoms with Crippen LogP contribution in [0.2, 0.25) is 0 Å². The van der Waals surface area contributed by atoms with Gasteiger partial charge in [0, 0.05) is 48.9 Å². The Balaban J connectivity index is 1.68. The van der Waals surface area contributed by atoms with E-state index in [1.807, 2.05) is 14.0 Å². The summed E-state index contributed by atoms with van der Waals surface area (Å²) in [6, 6.07) is 10.0. The lowest BCUT2D eigenvalue weighted by atomic mass is 9.98. The van der Waals surface area contributed by atoms with Crippen LogP contribution in [0.4, 0.5) is 5.82 Å². The molecule has 1 aromatic carbocycles.